The third kappa shape index (κ3) is 5.30. The average molecular weight is 524 g/mol. The van der Waals surface area contributed by atoms with Gasteiger partial charge in [0.25, 0.3) is 0 Å². The molecule has 0 unspecified atom stereocenters. The van der Waals surface area contributed by atoms with E-state index in [0.29, 0.717) is 42.1 Å². The summed E-state index contributed by atoms with van der Waals surface area (Å²) in [4.78, 5) is 12.2. The van der Waals surface area contributed by atoms with Crippen LogP contribution in [0.4, 0.5) is 4.79 Å². The third-order valence-electron chi connectivity index (χ3n) is 11.7. The van der Waals surface area contributed by atoms with Crippen molar-refractivity contribution < 1.29 is 19.7 Å². The fourth-order valence-corrected chi connectivity index (χ4v) is 9.70. The molecule has 3 N–H and O–H groups in total. The van der Waals surface area contributed by atoms with Crippen molar-refractivity contribution >= 4 is 12.2 Å². The minimum absolute atomic E-state index is 0.181. The molecular weight excluding hydrogens is 474 g/mol. The number of alkyl carbamates (subject to hydrolysis) is 1. The molecule has 5 rings (SSSR count). The minimum atomic E-state index is -0.350. The van der Waals surface area contributed by atoms with Crippen LogP contribution in [0.15, 0.2) is 36.4 Å². The number of amides is 1. The zero-order chi connectivity index (χ0) is 26.9. The van der Waals surface area contributed by atoms with Crippen molar-refractivity contribution in [3.8, 4) is 0 Å². The molecule has 38 heavy (non-hydrogen) atoms. The Labute approximate surface area is 229 Å². The summed E-state index contributed by atoms with van der Waals surface area (Å²) >= 11 is 0. The molecule has 4 fully saturated rings. The van der Waals surface area contributed by atoms with E-state index >= 15 is 0 Å². The number of carbonyl (C=O) groups is 1. The van der Waals surface area contributed by atoms with E-state index in [0.717, 1.165) is 37.7 Å². The molecular formula is C33H49NO4. The number of carbonyl (C=O) groups excluding carboxylic acids is 1. The Hall–Kier alpha value is -1.85. The maximum Gasteiger partial charge on any atom is 0.407 e. The number of fused-ring (bicyclic) bond motifs is 5. The lowest BCUT2D eigenvalue weighted by atomic mass is 9.43. The highest BCUT2D eigenvalue weighted by Gasteiger charge is 2.62. The number of hydrogen-bond donors (Lipinski definition) is 3. The fraction of sp³-hybridized carbons (Fsp3) is 0.727. The van der Waals surface area contributed by atoms with Crippen molar-refractivity contribution in [2.45, 2.75) is 90.8 Å². The Morgan fingerprint density at radius 3 is 2.58 bits per heavy atom. The summed E-state index contributed by atoms with van der Waals surface area (Å²) in [6.45, 7) is 8.25. The molecule has 4 aliphatic carbocycles. The van der Waals surface area contributed by atoms with Crippen molar-refractivity contribution in [2.75, 3.05) is 13.2 Å². The molecule has 210 valence electrons. The molecule has 1 aromatic rings. The molecule has 1 amide bonds. The maximum atomic E-state index is 12.2. The van der Waals surface area contributed by atoms with Crippen LogP contribution in [0.2, 0.25) is 0 Å². The van der Waals surface area contributed by atoms with E-state index in [1.807, 2.05) is 42.5 Å². The Morgan fingerprint density at radius 2 is 1.79 bits per heavy atom. The van der Waals surface area contributed by atoms with E-state index in [1.165, 1.54) is 25.7 Å². The Kier molecular flexibility index (Phi) is 8.26. The van der Waals surface area contributed by atoms with E-state index < -0.39 is 0 Å². The van der Waals surface area contributed by atoms with Crippen LogP contribution in [0, 0.1) is 46.3 Å². The molecule has 0 aliphatic heterocycles. The van der Waals surface area contributed by atoms with Crippen LogP contribution in [-0.2, 0) is 4.74 Å². The smallest absolute Gasteiger partial charge is 0.407 e. The zero-order valence-electron chi connectivity index (χ0n) is 23.6. The first-order chi connectivity index (χ1) is 18.2. The van der Waals surface area contributed by atoms with E-state index in [9.17, 15) is 15.0 Å². The van der Waals surface area contributed by atoms with Gasteiger partial charge in [-0.25, -0.2) is 4.79 Å². The monoisotopic (exact) mass is 523 g/mol. The molecule has 10 atom stereocenters. The Morgan fingerprint density at radius 1 is 1.05 bits per heavy atom. The topological polar surface area (TPSA) is 78.8 Å². The van der Waals surface area contributed by atoms with Gasteiger partial charge in [0.15, 0.2) is 0 Å². The van der Waals surface area contributed by atoms with Gasteiger partial charge in [0, 0.05) is 6.54 Å². The molecule has 0 radical (unpaired) electrons. The molecule has 0 saturated heterocycles. The minimum Gasteiger partial charge on any atom is -0.445 e. The van der Waals surface area contributed by atoms with Gasteiger partial charge in [0.05, 0.1) is 12.2 Å². The summed E-state index contributed by atoms with van der Waals surface area (Å²) in [6.07, 6.45) is 12.7. The number of aliphatic hydroxyl groups excluding tert-OH is 2. The van der Waals surface area contributed by atoms with Gasteiger partial charge in [-0.15, -0.1) is 0 Å². The molecule has 0 spiro atoms. The molecule has 4 saturated carbocycles. The van der Waals surface area contributed by atoms with Gasteiger partial charge in [-0.05, 0) is 116 Å². The second-order valence-electron chi connectivity index (χ2n) is 13.6. The summed E-state index contributed by atoms with van der Waals surface area (Å²) in [6, 6.07) is 10.00. The van der Waals surface area contributed by atoms with Crippen LogP contribution in [0.1, 0.15) is 84.1 Å². The Balaban J connectivity index is 1.12. The quantitative estimate of drug-likeness (QED) is 0.384. The first-order valence-corrected chi connectivity index (χ1v) is 15.2. The van der Waals surface area contributed by atoms with Crippen LogP contribution in [-0.4, -0.2) is 41.7 Å². The highest BCUT2D eigenvalue weighted by molar-refractivity contribution is 5.67. The van der Waals surface area contributed by atoms with Crippen molar-refractivity contribution in [2.24, 2.45) is 46.3 Å². The van der Waals surface area contributed by atoms with E-state index in [4.69, 9.17) is 4.74 Å². The molecule has 5 nitrogen and oxygen atoms in total. The first-order valence-electron chi connectivity index (χ1n) is 15.2. The van der Waals surface area contributed by atoms with Crippen molar-refractivity contribution in [1.82, 2.24) is 5.32 Å². The van der Waals surface area contributed by atoms with Gasteiger partial charge < -0.3 is 20.3 Å². The van der Waals surface area contributed by atoms with Crippen LogP contribution in [0.5, 0.6) is 0 Å². The van der Waals surface area contributed by atoms with Gasteiger partial charge >= 0.3 is 6.09 Å². The number of aliphatic hydroxyl groups is 2. The van der Waals surface area contributed by atoms with Crippen molar-refractivity contribution in [1.29, 1.82) is 0 Å². The fourth-order valence-electron chi connectivity index (χ4n) is 9.70. The second kappa shape index (κ2) is 11.3. The summed E-state index contributed by atoms with van der Waals surface area (Å²) in [7, 11) is 0. The van der Waals surface area contributed by atoms with Gasteiger partial charge in [-0.2, -0.15) is 0 Å². The molecule has 4 aliphatic rings. The average Bonchev–Trinajstić information content (AvgIpc) is 3.25. The van der Waals surface area contributed by atoms with Gasteiger partial charge in [0.1, 0.15) is 6.61 Å². The predicted octanol–water partition coefficient (Wildman–Crippen LogP) is 6.44. The SMILES string of the molecule is C[C@H](CCNC(=O)OC/C=C/c1ccccc1)[C@H]1CC[C@H]2[C@@H]3[C@H](O)C[C@@H]4C[C@H](O)CC[C@]4(C)[C@H]3CC[C@]12C. The zero-order valence-corrected chi connectivity index (χ0v) is 23.6. The summed E-state index contributed by atoms with van der Waals surface area (Å²) < 4.78 is 5.33. The van der Waals surface area contributed by atoms with Crippen LogP contribution < -0.4 is 5.32 Å². The number of nitrogens with one attached hydrogen (secondary N) is 1. The number of hydrogen-bond acceptors (Lipinski definition) is 4. The third-order valence-corrected chi connectivity index (χ3v) is 11.7. The van der Waals surface area contributed by atoms with Crippen molar-refractivity contribution in [3.63, 3.8) is 0 Å². The lowest BCUT2D eigenvalue weighted by molar-refractivity contribution is -0.174. The molecule has 0 bridgehead atoms. The molecule has 0 heterocycles. The van der Waals surface area contributed by atoms with E-state index in [1.54, 1.807) is 0 Å². The largest absolute Gasteiger partial charge is 0.445 e. The summed E-state index contributed by atoms with van der Waals surface area (Å²) in [5.41, 5.74) is 1.63. The van der Waals surface area contributed by atoms with Crippen LogP contribution in [0.25, 0.3) is 6.08 Å². The lowest BCUT2D eigenvalue weighted by Gasteiger charge is -2.62. The van der Waals surface area contributed by atoms with E-state index in [2.05, 4.69) is 26.1 Å². The summed E-state index contributed by atoms with van der Waals surface area (Å²) in [5, 5.41) is 24.7. The summed E-state index contributed by atoms with van der Waals surface area (Å²) in [5.74, 6) is 3.19. The molecule has 0 aromatic heterocycles. The van der Waals surface area contributed by atoms with Gasteiger partial charge in [-0.3, -0.25) is 0 Å². The van der Waals surface area contributed by atoms with Crippen molar-refractivity contribution in [3.05, 3.63) is 42.0 Å². The highest BCUT2D eigenvalue weighted by Crippen LogP contribution is 2.68. The Bertz CT molecular complexity index is 980. The van der Waals surface area contributed by atoms with Gasteiger partial charge in [0.2, 0.25) is 0 Å². The maximum absolute atomic E-state index is 12.2. The molecule has 1 aromatic carbocycles. The highest BCUT2D eigenvalue weighted by atomic mass is 16.5. The van der Waals surface area contributed by atoms with Gasteiger partial charge in [-0.1, -0.05) is 57.2 Å². The van der Waals surface area contributed by atoms with Crippen LogP contribution in [0.3, 0.4) is 0 Å². The number of rotatable bonds is 7. The normalized spacial score (nSPS) is 41.1. The van der Waals surface area contributed by atoms with Crippen LogP contribution >= 0.6 is 0 Å². The van der Waals surface area contributed by atoms with E-state index in [-0.39, 0.29) is 35.7 Å². The standard InChI is InChI=1S/C33H49NO4/c1-22(15-18-34-31(37)38-19-7-10-23-8-5-4-6-9-23)26-11-12-27-30-28(14-17-33(26,27)3)32(2)16-13-25(35)20-24(32)21-29(30)36/h4-10,22,24-30,35-36H,11-21H2,1-3H3,(H,34,37)/b10-7+/t22-,24+,25-,26-,27+,28+,29-,30+,32+,33-/m1/s1. The number of benzene rings is 1. The predicted molar refractivity (Wildman–Crippen MR) is 151 cm³/mol. The number of ether oxygens (including phenoxy) is 1. The first kappa shape index (κ1) is 27.7. The molecule has 5 heteroatoms. The lowest BCUT2D eigenvalue weighted by Crippen LogP contribution is -2.58. The second-order valence-corrected chi connectivity index (χ2v) is 13.6.